The first kappa shape index (κ1) is 14.5. The summed E-state index contributed by atoms with van der Waals surface area (Å²) in [5, 5.41) is 13.4. The highest BCUT2D eigenvalue weighted by atomic mass is 35.5. The van der Waals surface area contributed by atoms with Gasteiger partial charge in [-0.05, 0) is 31.7 Å². The number of halogens is 1. The Kier molecular flexibility index (Phi) is 4.74. The fraction of sp³-hybridized carbons (Fsp3) is 0.357. The minimum Gasteiger partial charge on any atom is -0.352 e. The van der Waals surface area contributed by atoms with Crippen molar-refractivity contribution >= 4 is 23.2 Å². The standard InChI is InChI=1S/C14H15ClN2O3/c15-13-11(6-3-7-12(13)17(19)20)14(18)16-9-8-10-4-1-2-5-10/h3-4,6-7H,1-2,5,8-9H2,(H,16,18). The van der Waals surface area contributed by atoms with Gasteiger partial charge in [0.05, 0.1) is 10.5 Å². The molecule has 0 saturated heterocycles. The number of hydrogen-bond acceptors (Lipinski definition) is 3. The van der Waals surface area contributed by atoms with Crippen molar-refractivity contribution < 1.29 is 9.72 Å². The molecule has 0 radical (unpaired) electrons. The first-order valence-electron chi connectivity index (χ1n) is 6.48. The average Bonchev–Trinajstić information content (AvgIpc) is 2.91. The summed E-state index contributed by atoms with van der Waals surface area (Å²) in [6, 6.07) is 4.22. The maximum Gasteiger partial charge on any atom is 0.288 e. The largest absolute Gasteiger partial charge is 0.352 e. The SMILES string of the molecule is O=C(NCCC1=CCCC1)c1cccc([N+](=O)[O-])c1Cl. The number of nitro groups is 1. The first-order valence-corrected chi connectivity index (χ1v) is 6.86. The molecule has 0 fully saturated rings. The lowest BCUT2D eigenvalue weighted by Crippen LogP contribution is -2.25. The normalized spacial score (nSPS) is 13.9. The lowest BCUT2D eigenvalue weighted by molar-refractivity contribution is -0.384. The van der Waals surface area contributed by atoms with Gasteiger partial charge in [-0.1, -0.05) is 29.3 Å². The van der Waals surface area contributed by atoms with Crippen LogP contribution >= 0.6 is 11.6 Å². The molecule has 0 saturated carbocycles. The molecule has 0 unspecified atom stereocenters. The third-order valence-corrected chi connectivity index (χ3v) is 3.68. The molecule has 0 atom stereocenters. The zero-order valence-electron chi connectivity index (χ0n) is 10.9. The van der Waals surface area contributed by atoms with E-state index in [4.69, 9.17) is 11.6 Å². The third-order valence-electron chi connectivity index (χ3n) is 3.29. The zero-order valence-corrected chi connectivity index (χ0v) is 11.7. The quantitative estimate of drug-likeness (QED) is 0.513. The third kappa shape index (κ3) is 3.36. The minimum atomic E-state index is -0.595. The van der Waals surface area contributed by atoms with Gasteiger partial charge in [-0.2, -0.15) is 0 Å². The monoisotopic (exact) mass is 294 g/mol. The molecule has 1 aliphatic carbocycles. The molecule has 0 aromatic heterocycles. The smallest absolute Gasteiger partial charge is 0.288 e. The van der Waals surface area contributed by atoms with Crippen LogP contribution in [0.3, 0.4) is 0 Å². The lowest BCUT2D eigenvalue weighted by atomic mass is 10.1. The average molecular weight is 295 g/mol. The molecule has 1 amide bonds. The molecule has 1 aliphatic rings. The summed E-state index contributed by atoms with van der Waals surface area (Å²) < 4.78 is 0. The van der Waals surface area contributed by atoms with Crippen molar-refractivity contribution in [2.45, 2.75) is 25.7 Å². The molecule has 106 valence electrons. The summed E-state index contributed by atoms with van der Waals surface area (Å²) in [7, 11) is 0. The Balaban J connectivity index is 1.98. The van der Waals surface area contributed by atoms with E-state index in [0.29, 0.717) is 6.54 Å². The number of rotatable bonds is 5. The van der Waals surface area contributed by atoms with Crippen LogP contribution in [0.2, 0.25) is 5.02 Å². The Labute approximate surface area is 121 Å². The number of carbonyl (C=O) groups excluding carboxylic acids is 1. The highest BCUT2D eigenvalue weighted by molar-refractivity contribution is 6.35. The van der Waals surface area contributed by atoms with Crippen LogP contribution < -0.4 is 5.32 Å². The number of nitrogens with zero attached hydrogens (tertiary/aromatic N) is 1. The molecule has 6 heteroatoms. The van der Waals surface area contributed by atoms with Gasteiger partial charge in [0.1, 0.15) is 5.02 Å². The molecule has 2 rings (SSSR count). The highest BCUT2D eigenvalue weighted by Crippen LogP contribution is 2.27. The number of allylic oxidation sites excluding steroid dienone is 1. The van der Waals surface area contributed by atoms with Gasteiger partial charge in [0.15, 0.2) is 0 Å². The second kappa shape index (κ2) is 6.52. The number of nitro benzene ring substituents is 1. The van der Waals surface area contributed by atoms with Crippen LogP contribution in [0.4, 0.5) is 5.69 Å². The molecular formula is C14H15ClN2O3. The van der Waals surface area contributed by atoms with Crippen molar-refractivity contribution in [1.82, 2.24) is 5.32 Å². The Morgan fingerprint density at radius 1 is 1.45 bits per heavy atom. The summed E-state index contributed by atoms with van der Waals surface area (Å²) in [4.78, 5) is 22.1. The Morgan fingerprint density at radius 2 is 2.25 bits per heavy atom. The Hall–Kier alpha value is -1.88. The Bertz CT molecular complexity index is 570. The van der Waals surface area contributed by atoms with E-state index in [1.165, 1.54) is 30.2 Å². The molecule has 0 spiro atoms. The van der Waals surface area contributed by atoms with Crippen molar-refractivity contribution in [3.05, 3.63) is 50.5 Å². The molecule has 20 heavy (non-hydrogen) atoms. The predicted octanol–water partition coefficient (Wildman–Crippen LogP) is 3.48. The van der Waals surface area contributed by atoms with Crippen molar-refractivity contribution in [1.29, 1.82) is 0 Å². The van der Waals surface area contributed by atoms with Crippen molar-refractivity contribution in [3.8, 4) is 0 Å². The Morgan fingerprint density at radius 3 is 2.90 bits per heavy atom. The molecule has 1 aromatic carbocycles. The topological polar surface area (TPSA) is 72.2 Å². The zero-order chi connectivity index (χ0) is 14.5. The number of amides is 1. The summed E-state index contributed by atoms with van der Waals surface area (Å²) >= 11 is 5.89. The van der Waals surface area contributed by atoms with E-state index in [0.717, 1.165) is 19.3 Å². The predicted molar refractivity (Wildman–Crippen MR) is 77.0 cm³/mol. The molecule has 0 heterocycles. The minimum absolute atomic E-state index is 0.116. The fourth-order valence-corrected chi connectivity index (χ4v) is 2.51. The lowest BCUT2D eigenvalue weighted by Gasteiger charge is -2.07. The van der Waals surface area contributed by atoms with Crippen LogP contribution in [0.25, 0.3) is 0 Å². The number of nitrogens with one attached hydrogen (secondary N) is 1. The molecule has 1 N–H and O–H groups in total. The van der Waals surface area contributed by atoms with Gasteiger partial charge < -0.3 is 5.32 Å². The van der Waals surface area contributed by atoms with E-state index in [9.17, 15) is 14.9 Å². The fourth-order valence-electron chi connectivity index (χ4n) is 2.23. The van der Waals surface area contributed by atoms with E-state index in [-0.39, 0.29) is 22.2 Å². The molecule has 0 aliphatic heterocycles. The van der Waals surface area contributed by atoms with E-state index < -0.39 is 4.92 Å². The van der Waals surface area contributed by atoms with Crippen LogP contribution in [-0.2, 0) is 0 Å². The highest BCUT2D eigenvalue weighted by Gasteiger charge is 2.19. The number of benzene rings is 1. The van der Waals surface area contributed by atoms with Gasteiger partial charge in [0.25, 0.3) is 11.6 Å². The molecule has 1 aromatic rings. The van der Waals surface area contributed by atoms with Crippen LogP contribution in [0.15, 0.2) is 29.8 Å². The summed E-state index contributed by atoms with van der Waals surface area (Å²) in [6.07, 6.45) is 6.40. The van der Waals surface area contributed by atoms with Gasteiger partial charge in [-0.15, -0.1) is 0 Å². The van der Waals surface area contributed by atoms with Gasteiger partial charge in [0.2, 0.25) is 0 Å². The van der Waals surface area contributed by atoms with Crippen molar-refractivity contribution in [3.63, 3.8) is 0 Å². The molecule has 5 nitrogen and oxygen atoms in total. The first-order chi connectivity index (χ1) is 9.59. The van der Waals surface area contributed by atoms with Gasteiger partial charge in [-0.3, -0.25) is 14.9 Å². The van der Waals surface area contributed by atoms with Gasteiger partial charge in [0, 0.05) is 12.6 Å². The second-order valence-electron chi connectivity index (χ2n) is 4.66. The maximum absolute atomic E-state index is 12.0. The van der Waals surface area contributed by atoms with Crippen molar-refractivity contribution in [2.75, 3.05) is 6.54 Å². The van der Waals surface area contributed by atoms with E-state index >= 15 is 0 Å². The van der Waals surface area contributed by atoms with Crippen LogP contribution in [0, 0.1) is 10.1 Å². The number of carbonyl (C=O) groups is 1. The van der Waals surface area contributed by atoms with Crippen LogP contribution in [-0.4, -0.2) is 17.4 Å². The van der Waals surface area contributed by atoms with Crippen LogP contribution in [0.5, 0.6) is 0 Å². The summed E-state index contributed by atoms with van der Waals surface area (Å²) in [5.74, 6) is -0.378. The van der Waals surface area contributed by atoms with Crippen LogP contribution in [0.1, 0.15) is 36.0 Å². The van der Waals surface area contributed by atoms with Gasteiger partial charge >= 0.3 is 0 Å². The van der Waals surface area contributed by atoms with E-state index in [1.54, 1.807) is 0 Å². The summed E-state index contributed by atoms with van der Waals surface area (Å²) in [5.41, 5.74) is 1.24. The second-order valence-corrected chi connectivity index (χ2v) is 5.03. The molecular weight excluding hydrogens is 280 g/mol. The van der Waals surface area contributed by atoms with Gasteiger partial charge in [-0.25, -0.2) is 0 Å². The summed E-state index contributed by atoms with van der Waals surface area (Å²) in [6.45, 7) is 0.518. The number of hydrogen-bond donors (Lipinski definition) is 1. The van der Waals surface area contributed by atoms with E-state index in [1.807, 2.05) is 0 Å². The maximum atomic E-state index is 12.0. The molecule has 0 bridgehead atoms. The van der Waals surface area contributed by atoms with Crippen molar-refractivity contribution in [2.24, 2.45) is 0 Å². The van der Waals surface area contributed by atoms with E-state index in [2.05, 4.69) is 11.4 Å².